The number of aliphatic hydroxyl groups excluding tert-OH is 1. The molecule has 0 bridgehead atoms. The number of rotatable bonds is 5. The van der Waals surface area contributed by atoms with Gasteiger partial charge < -0.3 is 16.6 Å². The largest absolute Gasteiger partial charge is 0.395 e. The Hall–Kier alpha value is -0.900. The fraction of sp³-hybridized carbons (Fsp3) is 0.538. The van der Waals surface area contributed by atoms with Gasteiger partial charge in [0.25, 0.3) is 0 Å². The first-order valence-corrected chi connectivity index (χ1v) is 5.75. The van der Waals surface area contributed by atoms with Crippen molar-refractivity contribution in [3.8, 4) is 0 Å². The van der Waals surface area contributed by atoms with Crippen molar-refractivity contribution in [2.75, 3.05) is 6.61 Å². The zero-order valence-electron chi connectivity index (χ0n) is 10.1. The molecular formula is C13H22N2O. The molecule has 0 saturated heterocycles. The average molecular weight is 222 g/mol. The Morgan fingerprint density at radius 2 is 1.69 bits per heavy atom. The number of hydrogen-bond acceptors (Lipinski definition) is 3. The van der Waals surface area contributed by atoms with Crippen LogP contribution in [-0.4, -0.2) is 17.8 Å². The molecule has 3 nitrogen and oxygen atoms in total. The maximum Gasteiger partial charge on any atom is 0.0601 e. The minimum absolute atomic E-state index is 0.0884. The highest BCUT2D eigenvalue weighted by Gasteiger charge is 2.13. The molecule has 1 rings (SSSR count). The highest BCUT2D eigenvalue weighted by molar-refractivity contribution is 5.26. The second-order valence-corrected chi connectivity index (χ2v) is 4.71. The van der Waals surface area contributed by atoms with Gasteiger partial charge in [0.15, 0.2) is 0 Å². The lowest BCUT2D eigenvalue weighted by Gasteiger charge is -2.18. The number of hydrogen-bond donors (Lipinski definition) is 3. The summed E-state index contributed by atoms with van der Waals surface area (Å²) in [5, 5.41) is 8.94. The van der Waals surface area contributed by atoms with Crippen LogP contribution in [0.25, 0.3) is 0 Å². The molecule has 0 aliphatic carbocycles. The first kappa shape index (κ1) is 13.2. The van der Waals surface area contributed by atoms with Crippen LogP contribution in [0.2, 0.25) is 0 Å². The first-order chi connectivity index (χ1) is 7.54. The van der Waals surface area contributed by atoms with E-state index in [9.17, 15) is 0 Å². The zero-order chi connectivity index (χ0) is 12.1. The minimum Gasteiger partial charge on any atom is -0.395 e. The molecule has 0 aliphatic heterocycles. The van der Waals surface area contributed by atoms with E-state index in [1.165, 1.54) is 5.56 Å². The molecule has 0 fully saturated rings. The molecular weight excluding hydrogens is 200 g/mol. The third kappa shape index (κ3) is 3.59. The van der Waals surface area contributed by atoms with E-state index in [0.29, 0.717) is 5.92 Å². The highest BCUT2D eigenvalue weighted by Crippen LogP contribution is 2.15. The Labute approximate surface area is 97.5 Å². The van der Waals surface area contributed by atoms with Crippen LogP contribution in [0, 0.1) is 5.92 Å². The van der Waals surface area contributed by atoms with Crippen LogP contribution in [0.15, 0.2) is 24.3 Å². The molecule has 0 spiro atoms. The molecule has 1 aromatic rings. The van der Waals surface area contributed by atoms with Crippen LogP contribution >= 0.6 is 0 Å². The normalized spacial score (nSPS) is 15.1. The second-order valence-electron chi connectivity index (χ2n) is 4.71. The molecule has 5 N–H and O–H groups in total. The van der Waals surface area contributed by atoms with Crippen molar-refractivity contribution in [3.63, 3.8) is 0 Å². The summed E-state index contributed by atoms with van der Waals surface area (Å²) in [6, 6.07) is 7.48. The summed E-state index contributed by atoms with van der Waals surface area (Å²) in [6.07, 6.45) is 1.07. The summed E-state index contributed by atoms with van der Waals surface area (Å²) in [4.78, 5) is 0. The van der Waals surface area contributed by atoms with Gasteiger partial charge in [-0.2, -0.15) is 0 Å². The molecule has 2 unspecified atom stereocenters. The molecule has 0 aromatic heterocycles. The van der Waals surface area contributed by atoms with Crippen molar-refractivity contribution in [2.45, 2.75) is 32.4 Å². The van der Waals surface area contributed by atoms with Crippen LogP contribution < -0.4 is 11.5 Å². The van der Waals surface area contributed by atoms with Gasteiger partial charge in [-0.15, -0.1) is 0 Å². The highest BCUT2D eigenvalue weighted by atomic mass is 16.3. The summed E-state index contributed by atoms with van der Waals surface area (Å²) >= 11 is 0. The van der Waals surface area contributed by atoms with Gasteiger partial charge in [-0.05, 0) is 23.5 Å². The van der Waals surface area contributed by atoms with Gasteiger partial charge in [0.05, 0.1) is 6.61 Å². The number of nitrogens with two attached hydrogens (primary N) is 2. The number of benzene rings is 1. The van der Waals surface area contributed by atoms with E-state index in [1.54, 1.807) is 0 Å². The maximum absolute atomic E-state index is 8.94. The lowest BCUT2D eigenvalue weighted by molar-refractivity contribution is 0.250. The first-order valence-electron chi connectivity index (χ1n) is 5.75. The molecule has 2 atom stereocenters. The molecule has 0 radical (unpaired) electrons. The lowest BCUT2D eigenvalue weighted by Crippen LogP contribution is -2.37. The smallest absolute Gasteiger partial charge is 0.0601 e. The Balaban J connectivity index is 2.70. The molecule has 0 saturated carbocycles. The molecule has 0 amide bonds. The summed E-state index contributed by atoms with van der Waals surface area (Å²) in [5.41, 5.74) is 13.9. The van der Waals surface area contributed by atoms with Crippen molar-refractivity contribution < 1.29 is 5.11 Å². The predicted octanol–water partition coefficient (Wildman–Crippen LogP) is 1.20. The SMILES string of the molecule is CC(C)Cc1ccc(C(N)C(N)CO)cc1. The fourth-order valence-electron chi connectivity index (χ4n) is 1.71. The molecule has 1 aromatic carbocycles. The molecule has 16 heavy (non-hydrogen) atoms. The van der Waals surface area contributed by atoms with Gasteiger partial charge in [0.1, 0.15) is 0 Å². The van der Waals surface area contributed by atoms with E-state index in [1.807, 2.05) is 12.1 Å². The third-order valence-electron chi connectivity index (χ3n) is 2.68. The van der Waals surface area contributed by atoms with E-state index >= 15 is 0 Å². The minimum atomic E-state index is -0.393. The summed E-state index contributed by atoms with van der Waals surface area (Å²) in [6.45, 7) is 4.30. The third-order valence-corrected chi connectivity index (χ3v) is 2.68. The van der Waals surface area contributed by atoms with Crippen molar-refractivity contribution >= 4 is 0 Å². The standard InChI is InChI=1S/C13H22N2O/c1-9(2)7-10-3-5-11(6-4-10)13(15)12(14)8-16/h3-6,9,12-13,16H,7-8,14-15H2,1-2H3. The van der Waals surface area contributed by atoms with Gasteiger partial charge in [-0.1, -0.05) is 38.1 Å². The predicted molar refractivity (Wildman–Crippen MR) is 67.0 cm³/mol. The number of aliphatic hydroxyl groups is 1. The van der Waals surface area contributed by atoms with Gasteiger partial charge in [0, 0.05) is 12.1 Å². The topological polar surface area (TPSA) is 72.3 Å². The summed E-state index contributed by atoms with van der Waals surface area (Å²) in [5.74, 6) is 0.652. The van der Waals surface area contributed by atoms with Crippen molar-refractivity contribution in [2.24, 2.45) is 17.4 Å². The van der Waals surface area contributed by atoms with Gasteiger partial charge in [0.2, 0.25) is 0 Å². The molecule has 0 heterocycles. The second kappa shape index (κ2) is 5.99. The van der Waals surface area contributed by atoms with E-state index in [4.69, 9.17) is 16.6 Å². The maximum atomic E-state index is 8.94. The lowest BCUT2D eigenvalue weighted by atomic mass is 9.97. The quantitative estimate of drug-likeness (QED) is 0.701. The van der Waals surface area contributed by atoms with Crippen LogP contribution in [-0.2, 0) is 6.42 Å². The average Bonchev–Trinajstić information content (AvgIpc) is 2.27. The fourth-order valence-corrected chi connectivity index (χ4v) is 1.71. The molecule has 3 heteroatoms. The van der Waals surface area contributed by atoms with E-state index in [2.05, 4.69) is 26.0 Å². The van der Waals surface area contributed by atoms with Gasteiger partial charge in [-0.3, -0.25) is 0 Å². The van der Waals surface area contributed by atoms with E-state index in [-0.39, 0.29) is 12.6 Å². The van der Waals surface area contributed by atoms with Crippen molar-refractivity contribution in [1.82, 2.24) is 0 Å². The van der Waals surface area contributed by atoms with Crippen LogP contribution in [0.1, 0.15) is 31.0 Å². The van der Waals surface area contributed by atoms with E-state index in [0.717, 1.165) is 12.0 Å². The van der Waals surface area contributed by atoms with Crippen LogP contribution in [0.4, 0.5) is 0 Å². The zero-order valence-corrected chi connectivity index (χ0v) is 10.1. The Bertz CT molecular complexity index is 308. The molecule has 0 aliphatic rings. The Morgan fingerprint density at radius 1 is 1.12 bits per heavy atom. The van der Waals surface area contributed by atoms with Crippen LogP contribution in [0.3, 0.4) is 0 Å². The van der Waals surface area contributed by atoms with Crippen molar-refractivity contribution in [3.05, 3.63) is 35.4 Å². The monoisotopic (exact) mass is 222 g/mol. The van der Waals surface area contributed by atoms with E-state index < -0.39 is 6.04 Å². The summed E-state index contributed by atoms with van der Waals surface area (Å²) in [7, 11) is 0. The van der Waals surface area contributed by atoms with Crippen molar-refractivity contribution in [1.29, 1.82) is 0 Å². The van der Waals surface area contributed by atoms with Gasteiger partial charge >= 0.3 is 0 Å². The Morgan fingerprint density at radius 3 is 2.12 bits per heavy atom. The van der Waals surface area contributed by atoms with Crippen LogP contribution in [0.5, 0.6) is 0 Å². The van der Waals surface area contributed by atoms with Gasteiger partial charge in [-0.25, -0.2) is 0 Å². The Kier molecular flexibility index (Phi) is 4.93. The molecule has 90 valence electrons. The summed E-state index contributed by atoms with van der Waals surface area (Å²) < 4.78 is 0.